The summed E-state index contributed by atoms with van der Waals surface area (Å²) in [6.07, 6.45) is -4.50. The summed E-state index contributed by atoms with van der Waals surface area (Å²) in [4.78, 5) is 4.39. The highest BCUT2D eigenvalue weighted by molar-refractivity contribution is 7.18. The first-order chi connectivity index (χ1) is 12.3. The third-order valence-corrected chi connectivity index (χ3v) is 5.55. The number of fused-ring (bicyclic) bond motifs is 1. The number of phenolic OH excluding ortho intramolecular Hbond substituents is 2. The van der Waals surface area contributed by atoms with Gasteiger partial charge in [0.15, 0.2) is 0 Å². The van der Waals surface area contributed by atoms with Gasteiger partial charge in [-0.25, -0.2) is 15.8 Å². The third kappa shape index (κ3) is 2.87. The van der Waals surface area contributed by atoms with Crippen molar-refractivity contribution >= 4 is 21.6 Å². The number of hydrogen-bond donors (Lipinski definition) is 4. The van der Waals surface area contributed by atoms with Gasteiger partial charge in [-0.05, 0) is 18.2 Å². The number of thiazole rings is 1. The molecular formula is C17H14F3N3O2S. The summed E-state index contributed by atoms with van der Waals surface area (Å²) in [6, 6.07) is 8.26. The largest absolute Gasteiger partial charge is 0.508 e. The van der Waals surface area contributed by atoms with Gasteiger partial charge in [0.2, 0.25) is 0 Å². The Morgan fingerprint density at radius 1 is 1.04 bits per heavy atom. The molecule has 2 aromatic carbocycles. The number of nitrogens with zero attached hydrogens (tertiary/aromatic N) is 1. The molecule has 4 rings (SSSR count). The van der Waals surface area contributed by atoms with Crippen molar-refractivity contribution in [2.24, 2.45) is 0 Å². The number of halogens is 3. The monoisotopic (exact) mass is 381 g/mol. The van der Waals surface area contributed by atoms with Crippen LogP contribution in [-0.4, -0.2) is 27.4 Å². The number of benzene rings is 2. The quantitative estimate of drug-likeness (QED) is 0.546. The van der Waals surface area contributed by atoms with E-state index >= 15 is 0 Å². The van der Waals surface area contributed by atoms with Gasteiger partial charge in [-0.15, -0.1) is 11.3 Å². The number of hydrogen-bond acceptors (Lipinski definition) is 6. The van der Waals surface area contributed by atoms with Gasteiger partial charge in [-0.3, -0.25) is 0 Å². The first-order valence-corrected chi connectivity index (χ1v) is 8.61. The molecule has 0 radical (unpaired) electrons. The zero-order valence-electron chi connectivity index (χ0n) is 13.2. The van der Waals surface area contributed by atoms with E-state index in [4.69, 9.17) is 0 Å². The fourth-order valence-electron chi connectivity index (χ4n) is 3.22. The lowest BCUT2D eigenvalue weighted by atomic mass is 9.89. The highest BCUT2D eigenvalue weighted by Gasteiger charge is 2.53. The number of hydrazine groups is 1. The standard InChI is InChI=1S/C17H14F3N3O2S/c18-17(19,20)15-13(16-21-10-3-1-2-4-12(10)26-16)14(22-23-15)9-6-5-8(24)7-11(9)25/h1-7,13-15,22-25H. The lowest BCUT2D eigenvalue weighted by Crippen LogP contribution is -2.43. The van der Waals surface area contributed by atoms with E-state index in [9.17, 15) is 23.4 Å². The number of rotatable bonds is 2. The van der Waals surface area contributed by atoms with Gasteiger partial charge in [0, 0.05) is 11.6 Å². The normalized spacial score (nSPS) is 23.6. The molecule has 1 saturated heterocycles. The van der Waals surface area contributed by atoms with Crippen LogP contribution in [0.3, 0.4) is 0 Å². The Bertz CT molecular complexity index is 927. The Balaban J connectivity index is 1.83. The molecule has 0 aliphatic carbocycles. The van der Waals surface area contributed by atoms with Gasteiger partial charge in [0.25, 0.3) is 0 Å². The molecule has 1 aliphatic rings. The maximum Gasteiger partial charge on any atom is 0.405 e. The minimum Gasteiger partial charge on any atom is -0.508 e. The summed E-state index contributed by atoms with van der Waals surface area (Å²) in [6.45, 7) is 0. The van der Waals surface area contributed by atoms with Crippen molar-refractivity contribution in [3.8, 4) is 11.5 Å². The van der Waals surface area contributed by atoms with Crippen molar-refractivity contribution in [3.05, 3.63) is 53.0 Å². The molecule has 0 saturated carbocycles. The van der Waals surface area contributed by atoms with Crippen molar-refractivity contribution in [1.82, 2.24) is 15.8 Å². The lowest BCUT2D eigenvalue weighted by molar-refractivity contribution is -0.156. The molecule has 3 aromatic rings. The average Bonchev–Trinajstić information content (AvgIpc) is 3.17. The molecule has 1 aromatic heterocycles. The Kier molecular flexibility index (Phi) is 4.02. The fourth-order valence-corrected chi connectivity index (χ4v) is 4.36. The summed E-state index contributed by atoms with van der Waals surface area (Å²) in [7, 11) is 0. The van der Waals surface area contributed by atoms with Gasteiger partial charge in [-0.2, -0.15) is 13.2 Å². The van der Waals surface area contributed by atoms with Crippen LogP contribution in [0.2, 0.25) is 0 Å². The maximum absolute atomic E-state index is 13.6. The highest BCUT2D eigenvalue weighted by atomic mass is 32.1. The Hall–Kier alpha value is -2.36. The summed E-state index contributed by atoms with van der Waals surface area (Å²) < 4.78 is 41.5. The molecule has 3 unspecified atom stereocenters. The van der Waals surface area contributed by atoms with E-state index in [0.29, 0.717) is 10.5 Å². The molecule has 2 heterocycles. The van der Waals surface area contributed by atoms with E-state index in [1.54, 1.807) is 18.2 Å². The molecule has 1 fully saturated rings. The smallest absolute Gasteiger partial charge is 0.405 e. The minimum absolute atomic E-state index is 0.166. The van der Waals surface area contributed by atoms with E-state index in [1.165, 1.54) is 23.5 Å². The second-order valence-electron chi connectivity index (χ2n) is 6.07. The Morgan fingerprint density at radius 3 is 2.50 bits per heavy atom. The number of aromatic hydroxyl groups is 2. The molecule has 0 bridgehead atoms. The van der Waals surface area contributed by atoms with Crippen LogP contribution in [0.4, 0.5) is 13.2 Å². The highest BCUT2D eigenvalue weighted by Crippen LogP contribution is 2.47. The summed E-state index contributed by atoms with van der Waals surface area (Å²) in [5, 5.41) is 19.9. The van der Waals surface area contributed by atoms with Gasteiger partial charge in [0.05, 0.1) is 22.2 Å². The number of aromatic nitrogens is 1. The third-order valence-electron chi connectivity index (χ3n) is 4.41. The van der Waals surface area contributed by atoms with Crippen molar-refractivity contribution in [3.63, 3.8) is 0 Å². The number of nitrogens with one attached hydrogen (secondary N) is 2. The van der Waals surface area contributed by atoms with E-state index in [0.717, 1.165) is 10.8 Å². The average molecular weight is 381 g/mol. The minimum atomic E-state index is -4.50. The predicted octanol–water partition coefficient (Wildman–Crippen LogP) is 3.57. The van der Waals surface area contributed by atoms with Crippen LogP contribution in [0, 0.1) is 0 Å². The summed E-state index contributed by atoms with van der Waals surface area (Å²) in [5.41, 5.74) is 5.82. The first-order valence-electron chi connectivity index (χ1n) is 7.80. The molecule has 26 heavy (non-hydrogen) atoms. The topological polar surface area (TPSA) is 77.4 Å². The summed E-state index contributed by atoms with van der Waals surface area (Å²) in [5.74, 6) is -1.51. The molecule has 0 spiro atoms. The fraction of sp³-hybridized carbons (Fsp3) is 0.235. The van der Waals surface area contributed by atoms with Crippen LogP contribution >= 0.6 is 11.3 Å². The number of phenols is 2. The molecular weight excluding hydrogens is 367 g/mol. The van der Waals surface area contributed by atoms with Gasteiger partial charge < -0.3 is 10.2 Å². The van der Waals surface area contributed by atoms with Crippen LogP contribution in [0.25, 0.3) is 10.2 Å². The van der Waals surface area contributed by atoms with Crippen molar-refractivity contribution in [1.29, 1.82) is 0 Å². The van der Waals surface area contributed by atoms with Crippen molar-refractivity contribution in [2.45, 2.75) is 24.2 Å². The lowest BCUT2D eigenvalue weighted by Gasteiger charge is -2.23. The molecule has 1 aliphatic heterocycles. The van der Waals surface area contributed by atoms with Crippen molar-refractivity contribution in [2.75, 3.05) is 0 Å². The van der Waals surface area contributed by atoms with Gasteiger partial charge >= 0.3 is 6.18 Å². The van der Waals surface area contributed by atoms with E-state index in [2.05, 4.69) is 15.8 Å². The molecule has 3 atom stereocenters. The predicted molar refractivity (Wildman–Crippen MR) is 91.0 cm³/mol. The second-order valence-corrected chi connectivity index (χ2v) is 7.14. The Morgan fingerprint density at radius 2 is 1.81 bits per heavy atom. The van der Waals surface area contributed by atoms with E-state index in [-0.39, 0.29) is 17.1 Å². The van der Waals surface area contributed by atoms with Crippen LogP contribution in [0.15, 0.2) is 42.5 Å². The van der Waals surface area contributed by atoms with Gasteiger partial charge in [-0.1, -0.05) is 18.2 Å². The first kappa shape index (κ1) is 17.1. The van der Waals surface area contributed by atoms with Crippen LogP contribution in [-0.2, 0) is 0 Å². The molecule has 0 amide bonds. The molecule has 5 nitrogen and oxygen atoms in total. The van der Waals surface area contributed by atoms with Gasteiger partial charge in [0.1, 0.15) is 22.5 Å². The number of alkyl halides is 3. The molecule has 136 valence electrons. The SMILES string of the molecule is Oc1ccc(C2NNC(C(F)(F)F)C2c2nc3ccccc3s2)c(O)c1. The van der Waals surface area contributed by atoms with Crippen LogP contribution in [0.1, 0.15) is 22.5 Å². The zero-order valence-corrected chi connectivity index (χ0v) is 14.0. The van der Waals surface area contributed by atoms with Crippen molar-refractivity contribution < 1.29 is 23.4 Å². The van der Waals surface area contributed by atoms with Crippen LogP contribution < -0.4 is 10.9 Å². The number of para-hydroxylation sites is 1. The molecule has 9 heteroatoms. The van der Waals surface area contributed by atoms with Crippen LogP contribution in [0.5, 0.6) is 11.5 Å². The van der Waals surface area contributed by atoms with E-state index in [1.807, 2.05) is 6.07 Å². The van der Waals surface area contributed by atoms with E-state index < -0.39 is 24.2 Å². The summed E-state index contributed by atoms with van der Waals surface area (Å²) >= 11 is 1.20. The second kappa shape index (κ2) is 6.11. The molecule has 4 N–H and O–H groups in total. The zero-order chi connectivity index (χ0) is 18.5. The maximum atomic E-state index is 13.6. The Labute approximate surface area is 150 Å².